The van der Waals surface area contributed by atoms with Gasteiger partial charge in [-0.15, -0.1) is 11.3 Å². The van der Waals surface area contributed by atoms with Crippen LogP contribution in [0.15, 0.2) is 58.9 Å². The Morgan fingerprint density at radius 3 is 2.68 bits per heavy atom. The number of halogens is 2. The Labute approximate surface area is 213 Å². The van der Waals surface area contributed by atoms with E-state index in [0.29, 0.717) is 32.6 Å². The third-order valence-corrected chi connectivity index (χ3v) is 13.4. The molecule has 0 aliphatic carbocycles. The molecule has 2 aromatic heterocycles. The van der Waals surface area contributed by atoms with E-state index in [1.165, 1.54) is 6.07 Å². The highest BCUT2D eigenvalue weighted by Crippen LogP contribution is 2.42. The summed E-state index contributed by atoms with van der Waals surface area (Å²) in [5.74, 6) is 5.48. The second kappa shape index (κ2) is 9.97. The second-order valence-electron chi connectivity index (χ2n) is 7.71. The third-order valence-electron chi connectivity index (χ3n) is 5.52. The molecule has 1 aliphatic rings. The number of hydrogen-bond donors (Lipinski definition) is 1. The molecule has 178 valence electrons. The molecule has 1 aromatic carbocycles. The zero-order chi connectivity index (χ0) is 24.4. The summed E-state index contributed by atoms with van der Waals surface area (Å²) in [6, 6.07) is 13.4. The van der Waals surface area contributed by atoms with Crippen LogP contribution in [-0.2, 0) is 19.7 Å². The van der Waals surface area contributed by atoms with Gasteiger partial charge in [-0.2, -0.15) is 0 Å². The van der Waals surface area contributed by atoms with Gasteiger partial charge in [0.05, 0.1) is 15.6 Å². The Hall–Kier alpha value is -1.93. The van der Waals surface area contributed by atoms with Gasteiger partial charge >= 0.3 is 0 Å². The number of aromatic nitrogens is 1. The monoisotopic (exact) mass is 554 g/mol. The molecule has 0 radical (unpaired) electrons. The first-order chi connectivity index (χ1) is 16.2. The minimum atomic E-state index is -4.19. The van der Waals surface area contributed by atoms with E-state index >= 15 is 0 Å². The van der Waals surface area contributed by atoms with Crippen molar-refractivity contribution in [1.82, 2.24) is 10.3 Å². The lowest BCUT2D eigenvalue weighted by Gasteiger charge is -2.26. The highest BCUT2D eigenvalue weighted by Gasteiger charge is 2.58. The first-order valence-corrected chi connectivity index (χ1v) is 15.0. The summed E-state index contributed by atoms with van der Waals surface area (Å²) in [6.07, 6.45) is 2.14. The minimum absolute atomic E-state index is 0.0113. The van der Waals surface area contributed by atoms with Gasteiger partial charge in [0.1, 0.15) is 10.1 Å². The largest absolute Gasteiger partial charge is 0.301 e. The summed E-state index contributed by atoms with van der Waals surface area (Å²) in [5, 5.41) is 3.72. The Morgan fingerprint density at radius 2 is 1.97 bits per heavy atom. The average molecular weight is 556 g/mol. The highest BCUT2D eigenvalue weighted by atomic mass is 35.5. The van der Waals surface area contributed by atoms with Crippen LogP contribution in [-0.4, -0.2) is 38.3 Å². The van der Waals surface area contributed by atoms with Crippen molar-refractivity contribution in [3.8, 4) is 22.4 Å². The number of hydrogen-bond acceptors (Lipinski definition) is 7. The summed E-state index contributed by atoms with van der Waals surface area (Å²) in [7, 11) is -8.15. The molecule has 0 amide bonds. The van der Waals surface area contributed by atoms with E-state index in [4.69, 9.17) is 23.2 Å². The number of nitrogens with one attached hydrogen (secondary N) is 1. The fourth-order valence-corrected chi connectivity index (χ4v) is 10.7. The molecule has 0 saturated carbocycles. The van der Waals surface area contributed by atoms with Gasteiger partial charge in [-0.25, -0.2) is 16.8 Å². The Balaban J connectivity index is 1.58. The smallest absolute Gasteiger partial charge is 0.209 e. The van der Waals surface area contributed by atoms with Gasteiger partial charge in [0, 0.05) is 29.7 Å². The number of unbranched alkanes of at least 4 members (excludes halogenated alkanes) is 1. The number of pyridine rings is 1. The molecule has 4 rings (SSSR count). The third kappa shape index (κ3) is 4.76. The molecule has 11 heteroatoms. The number of benzene rings is 1. The molecule has 3 heterocycles. The van der Waals surface area contributed by atoms with Crippen LogP contribution >= 0.6 is 34.5 Å². The van der Waals surface area contributed by atoms with Crippen LogP contribution in [0.25, 0.3) is 10.6 Å². The Morgan fingerprint density at radius 1 is 1.15 bits per heavy atom. The molecular weight excluding hydrogens is 535 g/mol. The topological polar surface area (TPSA) is 93.2 Å². The van der Waals surface area contributed by atoms with Gasteiger partial charge in [0.15, 0.2) is 13.9 Å². The maximum atomic E-state index is 13.7. The van der Waals surface area contributed by atoms with E-state index < -0.39 is 23.8 Å². The fraction of sp³-hybridized carbons (Fsp3) is 0.261. The molecule has 1 unspecified atom stereocenters. The van der Waals surface area contributed by atoms with Crippen LogP contribution in [0.4, 0.5) is 0 Å². The van der Waals surface area contributed by atoms with E-state index in [0.717, 1.165) is 11.3 Å². The molecule has 6 nitrogen and oxygen atoms in total. The Kier molecular flexibility index (Phi) is 7.38. The van der Waals surface area contributed by atoms with Gasteiger partial charge < -0.3 is 5.32 Å². The molecule has 1 atom stereocenters. The van der Waals surface area contributed by atoms with Crippen molar-refractivity contribution >= 4 is 54.2 Å². The van der Waals surface area contributed by atoms with Gasteiger partial charge in [0.2, 0.25) is 9.84 Å². The number of rotatable bonds is 6. The zero-order valence-corrected chi connectivity index (χ0v) is 21.8. The zero-order valence-electron chi connectivity index (χ0n) is 17.8. The van der Waals surface area contributed by atoms with E-state index in [9.17, 15) is 16.8 Å². The Bertz CT molecular complexity index is 1480. The summed E-state index contributed by atoms with van der Waals surface area (Å²) >= 11 is 13.1. The normalized spacial score (nSPS) is 19.5. The first kappa shape index (κ1) is 25.2. The SMILES string of the molecule is O=S1(=O)CNCC1(CCCC#Cc1cc(Cl)ccc1Cl)S(=O)(=O)c1ccc(-c2ccccn2)s1. The van der Waals surface area contributed by atoms with Crippen molar-refractivity contribution in [2.75, 3.05) is 12.4 Å². The van der Waals surface area contributed by atoms with E-state index in [2.05, 4.69) is 22.1 Å². The number of nitrogens with zero attached hydrogens (tertiary/aromatic N) is 1. The van der Waals surface area contributed by atoms with Crippen molar-refractivity contribution in [2.45, 2.75) is 27.6 Å². The maximum Gasteiger partial charge on any atom is 0.209 e. The standard InChI is InChI=1S/C23H20Cl2N2O4S3/c24-18-8-9-19(25)17(14-18)6-2-1-4-12-23(15-26-16-33(23,28)29)34(30,31)22-11-10-21(32-22)20-7-3-5-13-27-20/h3,5,7-11,13-14,26H,1,4,12,15-16H2. The van der Waals surface area contributed by atoms with Gasteiger partial charge in [-0.05, 0) is 55.3 Å². The van der Waals surface area contributed by atoms with Crippen LogP contribution in [0, 0.1) is 11.8 Å². The van der Waals surface area contributed by atoms with Crippen LogP contribution in [0.5, 0.6) is 0 Å². The first-order valence-electron chi connectivity index (χ1n) is 10.3. The lowest BCUT2D eigenvalue weighted by atomic mass is 10.1. The summed E-state index contributed by atoms with van der Waals surface area (Å²) < 4.78 is 51.5. The minimum Gasteiger partial charge on any atom is -0.301 e. The molecular formula is C23H20Cl2N2O4S3. The van der Waals surface area contributed by atoms with Crippen LogP contribution in [0.1, 0.15) is 24.8 Å². The van der Waals surface area contributed by atoms with E-state index in [1.54, 1.807) is 48.7 Å². The molecule has 0 bridgehead atoms. The highest BCUT2D eigenvalue weighted by molar-refractivity contribution is 8.11. The average Bonchev–Trinajstić information content (AvgIpc) is 3.42. The van der Waals surface area contributed by atoms with E-state index in [1.807, 2.05) is 0 Å². The van der Waals surface area contributed by atoms with Crippen molar-refractivity contribution in [3.63, 3.8) is 0 Å². The molecule has 1 aliphatic heterocycles. The number of sulfone groups is 2. The molecule has 1 saturated heterocycles. The van der Waals surface area contributed by atoms with Crippen LogP contribution < -0.4 is 5.32 Å². The van der Waals surface area contributed by atoms with Crippen molar-refractivity contribution in [2.24, 2.45) is 0 Å². The fourth-order valence-electron chi connectivity index (χ4n) is 3.75. The summed E-state index contributed by atoms with van der Waals surface area (Å²) in [6.45, 7) is -0.165. The van der Waals surface area contributed by atoms with Gasteiger partial charge in [0.25, 0.3) is 0 Å². The lowest BCUT2D eigenvalue weighted by molar-refractivity contribution is 0.529. The van der Waals surface area contributed by atoms with E-state index in [-0.39, 0.29) is 29.5 Å². The van der Waals surface area contributed by atoms with Crippen LogP contribution in [0.3, 0.4) is 0 Å². The van der Waals surface area contributed by atoms with Crippen molar-refractivity contribution in [3.05, 3.63) is 70.3 Å². The molecule has 1 fully saturated rings. The van der Waals surface area contributed by atoms with Crippen molar-refractivity contribution in [1.29, 1.82) is 0 Å². The predicted octanol–water partition coefficient (Wildman–Crippen LogP) is 4.78. The lowest BCUT2D eigenvalue weighted by Crippen LogP contribution is -2.46. The summed E-state index contributed by atoms with van der Waals surface area (Å²) in [5.41, 5.74) is 1.19. The molecule has 34 heavy (non-hydrogen) atoms. The van der Waals surface area contributed by atoms with Gasteiger partial charge in [-0.3, -0.25) is 4.98 Å². The number of thiophene rings is 1. The van der Waals surface area contributed by atoms with Crippen LogP contribution in [0.2, 0.25) is 10.0 Å². The van der Waals surface area contributed by atoms with Gasteiger partial charge in [-0.1, -0.05) is 41.1 Å². The quantitative estimate of drug-likeness (QED) is 0.348. The van der Waals surface area contributed by atoms with Crippen molar-refractivity contribution < 1.29 is 16.8 Å². The molecule has 1 N–H and O–H groups in total. The predicted molar refractivity (Wildman–Crippen MR) is 136 cm³/mol. The summed E-state index contributed by atoms with van der Waals surface area (Å²) in [4.78, 5) is 4.90. The second-order valence-corrected chi connectivity index (χ2v) is 14.7. The molecule has 0 spiro atoms. The molecule has 3 aromatic rings. The maximum absolute atomic E-state index is 13.7.